The zero-order valence-corrected chi connectivity index (χ0v) is 12.3. The number of benzene rings is 1. The first-order chi connectivity index (χ1) is 8.70. The van der Waals surface area contributed by atoms with E-state index in [2.05, 4.69) is 51.3 Å². The molecule has 0 atom stereocenters. The molecule has 0 unspecified atom stereocenters. The van der Waals surface area contributed by atoms with Gasteiger partial charge in [-0.15, -0.1) is 0 Å². The Morgan fingerprint density at radius 2 is 1.72 bits per heavy atom. The third-order valence-corrected chi connectivity index (χ3v) is 5.81. The van der Waals surface area contributed by atoms with Gasteiger partial charge >= 0.3 is 0 Å². The van der Waals surface area contributed by atoms with E-state index in [1.165, 1.54) is 41.4 Å². The van der Waals surface area contributed by atoms with Gasteiger partial charge < -0.3 is 10.2 Å². The number of rotatable bonds is 1. The molecule has 3 heteroatoms. The Morgan fingerprint density at radius 1 is 1.11 bits per heavy atom. The van der Waals surface area contributed by atoms with E-state index in [4.69, 9.17) is 0 Å². The van der Waals surface area contributed by atoms with Crippen molar-refractivity contribution in [3.8, 4) is 0 Å². The lowest BCUT2D eigenvalue weighted by Crippen LogP contribution is -2.67. The molecule has 5 rings (SSSR count). The van der Waals surface area contributed by atoms with Crippen molar-refractivity contribution in [2.75, 3.05) is 4.90 Å². The van der Waals surface area contributed by atoms with Gasteiger partial charge in [0.05, 0.1) is 0 Å². The second-order valence-corrected chi connectivity index (χ2v) is 7.01. The summed E-state index contributed by atoms with van der Waals surface area (Å²) in [6.45, 7) is 2.19. The van der Waals surface area contributed by atoms with Crippen molar-refractivity contribution < 1.29 is 0 Å². The van der Waals surface area contributed by atoms with E-state index in [0.29, 0.717) is 0 Å². The van der Waals surface area contributed by atoms with Crippen LogP contribution in [0, 0.1) is 6.92 Å². The molecule has 0 saturated carbocycles. The molecule has 0 spiro atoms. The number of anilines is 1. The largest absolute Gasteiger partial charge is 0.365 e. The van der Waals surface area contributed by atoms with Gasteiger partial charge in [-0.3, -0.25) is 0 Å². The highest BCUT2D eigenvalue weighted by molar-refractivity contribution is 9.10. The summed E-state index contributed by atoms with van der Waals surface area (Å²) in [6, 6.07) is 9.96. The first-order valence-electron chi connectivity index (χ1n) is 7.01. The highest BCUT2D eigenvalue weighted by Crippen LogP contribution is 2.42. The molecule has 4 aliphatic heterocycles. The van der Waals surface area contributed by atoms with Gasteiger partial charge in [0, 0.05) is 34.3 Å². The first kappa shape index (κ1) is 11.3. The molecule has 0 radical (unpaired) electrons. The van der Waals surface area contributed by atoms with Gasteiger partial charge in [-0.25, -0.2) is 0 Å². The van der Waals surface area contributed by atoms with E-state index >= 15 is 0 Å². The van der Waals surface area contributed by atoms with Crippen LogP contribution in [0.1, 0.15) is 31.2 Å². The molecular weight excluding hydrogens is 288 g/mol. The maximum Gasteiger partial charge on any atom is 0.0374 e. The minimum atomic E-state index is 0.773. The van der Waals surface area contributed by atoms with Gasteiger partial charge in [0.15, 0.2) is 0 Å². The number of hydrogen-bond acceptors (Lipinski definition) is 2. The summed E-state index contributed by atoms with van der Waals surface area (Å²) in [7, 11) is 0. The molecule has 4 bridgehead atoms. The Hall–Kier alpha value is -0.540. The molecule has 96 valence electrons. The number of piperidine rings is 4. The molecule has 1 aromatic carbocycles. The molecule has 18 heavy (non-hydrogen) atoms. The molecule has 4 fully saturated rings. The van der Waals surface area contributed by atoms with Crippen LogP contribution in [0.4, 0.5) is 5.69 Å². The van der Waals surface area contributed by atoms with Crippen LogP contribution in [-0.2, 0) is 0 Å². The van der Waals surface area contributed by atoms with Crippen LogP contribution in [0.25, 0.3) is 0 Å². The summed E-state index contributed by atoms with van der Waals surface area (Å²) in [5, 5.41) is 3.77. The van der Waals surface area contributed by atoms with Crippen molar-refractivity contribution in [3.63, 3.8) is 0 Å². The Labute approximate surface area is 117 Å². The second kappa shape index (κ2) is 3.97. The van der Waals surface area contributed by atoms with Crippen LogP contribution in [0.15, 0.2) is 22.7 Å². The number of nitrogens with one attached hydrogen (secondary N) is 1. The third kappa shape index (κ3) is 1.64. The standard InChI is InChI=1S/C15H19BrN2/c1-9-4-12(2-3-15(9)16)18-13-5-10-6-14(18)8-11(7-13)17-10/h2-4,10-11,13-14,17H,5-8H2,1H3. The van der Waals surface area contributed by atoms with Gasteiger partial charge in [-0.05, 0) is 56.4 Å². The van der Waals surface area contributed by atoms with Gasteiger partial charge in [0.25, 0.3) is 0 Å². The van der Waals surface area contributed by atoms with Crippen LogP contribution in [0.3, 0.4) is 0 Å². The van der Waals surface area contributed by atoms with Gasteiger partial charge in [0.1, 0.15) is 0 Å². The fraction of sp³-hybridized carbons (Fsp3) is 0.600. The maximum absolute atomic E-state index is 3.77. The Kier molecular flexibility index (Phi) is 2.50. The van der Waals surface area contributed by atoms with Crippen LogP contribution in [0.5, 0.6) is 0 Å². The number of hydrogen-bond donors (Lipinski definition) is 1. The van der Waals surface area contributed by atoms with Crippen molar-refractivity contribution in [1.29, 1.82) is 0 Å². The average Bonchev–Trinajstić information content (AvgIpc) is 2.32. The lowest BCUT2D eigenvalue weighted by molar-refractivity contribution is 0.135. The van der Waals surface area contributed by atoms with Crippen LogP contribution < -0.4 is 10.2 Å². The number of halogens is 1. The fourth-order valence-electron chi connectivity index (χ4n) is 4.27. The molecular formula is C15H19BrN2. The molecule has 1 N–H and O–H groups in total. The normalized spacial score (nSPS) is 37.3. The monoisotopic (exact) mass is 306 g/mol. The highest BCUT2D eigenvalue weighted by atomic mass is 79.9. The Morgan fingerprint density at radius 3 is 2.28 bits per heavy atom. The van der Waals surface area contributed by atoms with E-state index in [0.717, 1.165) is 24.2 Å². The van der Waals surface area contributed by atoms with Crippen molar-refractivity contribution in [1.82, 2.24) is 5.32 Å². The molecule has 0 amide bonds. The lowest BCUT2D eigenvalue weighted by atomic mass is 9.74. The van der Waals surface area contributed by atoms with Crippen molar-refractivity contribution in [3.05, 3.63) is 28.2 Å². The molecule has 4 aliphatic rings. The summed E-state index contributed by atoms with van der Waals surface area (Å²) in [5.41, 5.74) is 2.78. The van der Waals surface area contributed by atoms with Gasteiger partial charge in [0.2, 0.25) is 0 Å². The third-order valence-electron chi connectivity index (χ3n) is 4.92. The Bertz CT molecular complexity index is 457. The lowest BCUT2D eigenvalue weighted by Gasteiger charge is -2.58. The molecule has 4 saturated heterocycles. The average molecular weight is 307 g/mol. The predicted octanol–water partition coefficient (Wildman–Crippen LogP) is 3.23. The topological polar surface area (TPSA) is 15.3 Å². The molecule has 4 heterocycles. The molecule has 0 aliphatic carbocycles. The fourth-order valence-corrected chi connectivity index (χ4v) is 4.51. The molecule has 2 nitrogen and oxygen atoms in total. The van der Waals surface area contributed by atoms with Gasteiger partial charge in [-0.1, -0.05) is 15.9 Å². The Balaban J connectivity index is 1.70. The first-order valence-corrected chi connectivity index (χ1v) is 7.80. The van der Waals surface area contributed by atoms with Gasteiger partial charge in [-0.2, -0.15) is 0 Å². The quantitative estimate of drug-likeness (QED) is 0.857. The van der Waals surface area contributed by atoms with E-state index in [-0.39, 0.29) is 0 Å². The minimum Gasteiger partial charge on any atom is -0.365 e. The van der Waals surface area contributed by atoms with Crippen molar-refractivity contribution >= 4 is 21.6 Å². The summed E-state index contributed by atoms with van der Waals surface area (Å²) in [6.07, 6.45) is 5.34. The van der Waals surface area contributed by atoms with Crippen molar-refractivity contribution in [2.24, 2.45) is 0 Å². The summed E-state index contributed by atoms with van der Waals surface area (Å²) in [5.74, 6) is 0. The van der Waals surface area contributed by atoms with E-state index < -0.39 is 0 Å². The van der Waals surface area contributed by atoms with E-state index in [1.807, 2.05) is 0 Å². The SMILES string of the molecule is Cc1cc(N2C3CC4CC2CC(C3)N4)ccc1Br. The predicted molar refractivity (Wildman–Crippen MR) is 78.1 cm³/mol. The van der Waals surface area contributed by atoms with Crippen LogP contribution >= 0.6 is 15.9 Å². The molecule has 0 aromatic heterocycles. The number of nitrogens with zero attached hydrogens (tertiary/aromatic N) is 1. The van der Waals surface area contributed by atoms with E-state index in [9.17, 15) is 0 Å². The second-order valence-electron chi connectivity index (χ2n) is 6.15. The summed E-state index contributed by atoms with van der Waals surface area (Å²) < 4.78 is 1.22. The maximum atomic E-state index is 3.77. The minimum absolute atomic E-state index is 0.773. The zero-order valence-electron chi connectivity index (χ0n) is 10.7. The van der Waals surface area contributed by atoms with E-state index in [1.54, 1.807) is 0 Å². The number of aryl methyl sites for hydroxylation is 1. The summed E-state index contributed by atoms with van der Waals surface area (Å²) in [4.78, 5) is 2.72. The van der Waals surface area contributed by atoms with Crippen LogP contribution in [-0.4, -0.2) is 24.2 Å². The summed E-state index contributed by atoms with van der Waals surface area (Å²) >= 11 is 3.60. The smallest absolute Gasteiger partial charge is 0.0374 e. The highest BCUT2D eigenvalue weighted by Gasteiger charge is 2.46. The van der Waals surface area contributed by atoms with Crippen LogP contribution in [0.2, 0.25) is 0 Å². The van der Waals surface area contributed by atoms with Crippen molar-refractivity contribution in [2.45, 2.75) is 56.8 Å². The zero-order chi connectivity index (χ0) is 12.3. The molecule has 1 aromatic rings.